The van der Waals surface area contributed by atoms with Crippen LogP contribution in [0.5, 0.6) is 5.75 Å². The van der Waals surface area contributed by atoms with Gasteiger partial charge in [-0.2, -0.15) is 0 Å². The zero-order valence-electron chi connectivity index (χ0n) is 12.3. The Balaban J connectivity index is 1.88. The molecular formula is C16H17NO5. The summed E-state index contributed by atoms with van der Waals surface area (Å²) in [7, 11) is 1.51. The number of carboxylic acids is 1. The standard InChI is InChI=1S/C16H17NO5/c1-16-8-7-11(22-16)12(15(19)20)13(16)14(18)17-9-5-3-4-6-10(9)21-2/h3-8,11-13H,1-2H3,(H,17,18)(H,19,20)/t11-,12+,13-,16-/m1/s1. The van der Waals surface area contributed by atoms with Gasteiger partial charge in [0.25, 0.3) is 0 Å². The number of amides is 1. The van der Waals surface area contributed by atoms with Crippen LogP contribution in [0.2, 0.25) is 0 Å². The average Bonchev–Trinajstić information content (AvgIpc) is 3.00. The molecule has 2 bridgehead atoms. The normalized spacial score (nSPS) is 32.0. The third-order valence-corrected chi connectivity index (χ3v) is 4.27. The quantitative estimate of drug-likeness (QED) is 0.827. The van der Waals surface area contributed by atoms with Gasteiger partial charge in [-0.05, 0) is 19.1 Å². The van der Waals surface area contributed by atoms with Gasteiger partial charge in [0.05, 0.1) is 30.4 Å². The van der Waals surface area contributed by atoms with Crippen LogP contribution < -0.4 is 10.1 Å². The summed E-state index contributed by atoms with van der Waals surface area (Å²) >= 11 is 0. The second-order valence-corrected chi connectivity index (χ2v) is 5.66. The van der Waals surface area contributed by atoms with Crippen LogP contribution in [0, 0.1) is 11.8 Å². The van der Waals surface area contributed by atoms with E-state index in [9.17, 15) is 14.7 Å². The molecule has 0 aromatic heterocycles. The van der Waals surface area contributed by atoms with Crippen molar-refractivity contribution < 1.29 is 24.2 Å². The molecule has 0 aliphatic carbocycles. The van der Waals surface area contributed by atoms with Crippen LogP contribution in [0.25, 0.3) is 0 Å². The van der Waals surface area contributed by atoms with Crippen molar-refractivity contribution in [1.82, 2.24) is 0 Å². The molecular weight excluding hydrogens is 286 g/mol. The van der Waals surface area contributed by atoms with Gasteiger partial charge in [-0.15, -0.1) is 0 Å². The lowest BCUT2D eigenvalue weighted by Crippen LogP contribution is -2.44. The van der Waals surface area contributed by atoms with E-state index >= 15 is 0 Å². The summed E-state index contributed by atoms with van der Waals surface area (Å²) in [5, 5.41) is 12.2. The van der Waals surface area contributed by atoms with Crippen molar-refractivity contribution >= 4 is 17.6 Å². The van der Waals surface area contributed by atoms with Crippen LogP contribution in [0.4, 0.5) is 5.69 Å². The summed E-state index contributed by atoms with van der Waals surface area (Å²) in [6, 6.07) is 6.99. The first-order chi connectivity index (χ1) is 10.5. The molecule has 2 aliphatic rings. The van der Waals surface area contributed by atoms with Gasteiger partial charge in [-0.25, -0.2) is 0 Å². The minimum Gasteiger partial charge on any atom is -0.495 e. The fourth-order valence-electron chi connectivity index (χ4n) is 3.24. The highest BCUT2D eigenvalue weighted by Crippen LogP contribution is 2.47. The van der Waals surface area contributed by atoms with Gasteiger partial charge in [-0.1, -0.05) is 24.3 Å². The van der Waals surface area contributed by atoms with Crippen molar-refractivity contribution in [3.8, 4) is 5.75 Å². The number of methoxy groups -OCH3 is 1. The highest BCUT2D eigenvalue weighted by molar-refractivity contribution is 5.98. The molecule has 1 saturated heterocycles. The molecule has 116 valence electrons. The van der Waals surface area contributed by atoms with E-state index in [4.69, 9.17) is 9.47 Å². The van der Waals surface area contributed by atoms with E-state index in [1.807, 2.05) is 0 Å². The lowest BCUT2D eigenvalue weighted by atomic mass is 9.75. The average molecular weight is 303 g/mol. The molecule has 2 heterocycles. The number of anilines is 1. The van der Waals surface area contributed by atoms with E-state index in [0.29, 0.717) is 11.4 Å². The maximum Gasteiger partial charge on any atom is 0.310 e. The molecule has 22 heavy (non-hydrogen) atoms. The summed E-state index contributed by atoms with van der Waals surface area (Å²) in [5.41, 5.74) is -0.380. The van der Waals surface area contributed by atoms with Crippen molar-refractivity contribution in [2.45, 2.75) is 18.6 Å². The molecule has 1 aromatic rings. The fourth-order valence-corrected chi connectivity index (χ4v) is 3.24. The zero-order valence-corrected chi connectivity index (χ0v) is 12.3. The van der Waals surface area contributed by atoms with Crippen LogP contribution in [0.3, 0.4) is 0 Å². The Hall–Kier alpha value is -2.34. The Labute approximate surface area is 127 Å². The Kier molecular flexibility index (Phi) is 3.41. The Morgan fingerprint density at radius 1 is 1.36 bits per heavy atom. The topological polar surface area (TPSA) is 84.9 Å². The fraction of sp³-hybridized carbons (Fsp3) is 0.375. The molecule has 1 amide bonds. The molecule has 0 unspecified atom stereocenters. The summed E-state index contributed by atoms with van der Waals surface area (Å²) in [5.74, 6) is -2.56. The summed E-state index contributed by atoms with van der Waals surface area (Å²) < 4.78 is 10.9. The summed E-state index contributed by atoms with van der Waals surface area (Å²) in [6.07, 6.45) is 2.92. The highest BCUT2D eigenvalue weighted by Gasteiger charge is 2.59. The zero-order chi connectivity index (χ0) is 15.9. The summed E-state index contributed by atoms with van der Waals surface area (Å²) in [6.45, 7) is 1.74. The number of carbonyl (C=O) groups excluding carboxylic acids is 1. The van der Waals surface area contributed by atoms with Crippen molar-refractivity contribution in [3.63, 3.8) is 0 Å². The van der Waals surface area contributed by atoms with E-state index in [1.165, 1.54) is 7.11 Å². The largest absolute Gasteiger partial charge is 0.495 e. The van der Waals surface area contributed by atoms with Gasteiger partial charge < -0.3 is 19.9 Å². The number of hydrogen-bond acceptors (Lipinski definition) is 4. The first-order valence-corrected chi connectivity index (χ1v) is 7.00. The van der Waals surface area contributed by atoms with Crippen LogP contribution in [0.15, 0.2) is 36.4 Å². The predicted octanol–water partition coefficient (Wildman–Crippen LogP) is 1.68. The second-order valence-electron chi connectivity index (χ2n) is 5.66. The van der Waals surface area contributed by atoms with E-state index in [-0.39, 0.29) is 5.91 Å². The molecule has 1 aromatic carbocycles. The molecule has 0 saturated carbocycles. The summed E-state index contributed by atoms with van der Waals surface area (Å²) in [4.78, 5) is 24.2. The number of carboxylic acid groups (broad SMARTS) is 1. The monoisotopic (exact) mass is 303 g/mol. The lowest BCUT2D eigenvalue weighted by Gasteiger charge is -2.28. The van der Waals surface area contributed by atoms with Crippen LogP contribution in [-0.4, -0.2) is 35.8 Å². The highest BCUT2D eigenvalue weighted by atomic mass is 16.5. The number of aliphatic carboxylic acids is 1. The number of rotatable bonds is 4. The first kappa shape index (κ1) is 14.6. The van der Waals surface area contributed by atoms with Crippen molar-refractivity contribution in [2.24, 2.45) is 11.8 Å². The molecule has 2 N–H and O–H groups in total. The number of benzene rings is 1. The van der Waals surface area contributed by atoms with Gasteiger partial charge in [0, 0.05) is 0 Å². The number of nitrogens with one attached hydrogen (secondary N) is 1. The van der Waals surface area contributed by atoms with Crippen LogP contribution in [-0.2, 0) is 14.3 Å². The van der Waals surface area contributed by atoms with Gasteiger partial charge >= 0.3 is 5.97 Å². The number of hydrogen-bond donors (Lipinski definition) is 2. The number of para-hydroxylation sites is 2. The van der Waals surface area contributed by atoms with Crippen molar-refractivity contribution in [3.05, 3.63) is 36.4 Å². The molecule has 0 spiro atoms. The van der Waals surface area contributed by atoms with Gasteiger partial charge in [0.2, 0.25) is 5.91 Å². The molecule has 6 heteroatoms. The number of ether oxygens (including phenoxy) is 2. The van der Waals surface area contributed by atoms with E-state index in [2.05, 4.69) is 5.32 Å². The first-order valence-electron chi connectivity index (χ1n) is 7.00. The second kappa shape index (κ2) is 5.14. The van der Waals surface area contributed by atoms with Crippen LogP contribution >= 0.6 is 0 Å². The number of carbonyl (C=O) groups is 2. The molecule has 2 aliphatic heterocycles. The SMILES string of the molecule is COc1ccccc1NC(=O)[C@H]1[C@@H](C(=O)O)[C@H]2C=C[C@@]1(C)O2. The Morgan fingerprint density at radius 3 is 2.77 bits per heavy atom. The number of fused-ring (bicyclic) bond motifs is 2. The van der Waals surface area contributed by atoms with E-state index in [0.717, 1.165) is 0 Å². The molecule has 4 atom stereocenters. The molecule has 3 rings (SSSR count). The van der Waals surface area contributed by atoms with Crippen molar-refractivity contribution in [1.29, 1.82) is 0 Å². The Bertz CT molecular complexity index is 656. The van der Waals surface area contributed by atoms with Gasteiger partial charge in [-0.3, -0.25) is 9.59 Å². The lowest BCUT2D eigenvalue weighted by molar-refractivity contribution is -0.146. The minimum absolute atomic E-state index is 0.383. The third kappa shape index (κ3) is 2.16. The molecule has 1 fully saturated rings. The van der Waals surface area contributed by atoms with E-state index in [1.54, 1.807) is 43.3 Å². The van der Waals surface area contributed by atoms with Gasteiger partial charge in [0.1, 0.15) is 11.7 Å². The maximum atomic E-state index is 12.6. The van der Waals surface area contributed by atoms with Gasteiger partial charge in [0.15, 0.2) is 0 Å². The smallest absolute Gasteiger partial charge is 0.310 e. The Morgan fingerprint density at radius 2 is 2.09 bits per heavy atom. The maximum absolute atomic E-state index is 12.6. The molecule has 0 radical (unpaired) electrons. The molecule has 6 nitrogen and oxygen atoms in total. The minimum atomic E-state index is -1.03. The van der Waals surface area contributed by atoms with Crippen molar-refractivity contribution in [2.75, 3.05) is 12.4 Å². The van der Waals surface area contributed by atoms with Crippen LogP contribution in [0.1, 0.15) is 6.92 Å². The predicted molar refractivity (Wildman–Crippen MR) is 78.7 cm³/mol. The third-order valence-electron chi connectivity index (χ3n) is 4.27. The van der Waals surface area contributed by atoms with E-state index < -0.39 is 29.5 Å².